The fourth-order valence-electron chi connectivity index (χ4n) is 3.01. The lowest BCUT2D eigenvalue weighted by Crippen LogP contribution is -2.37. The predicted octanol–water partition coefficient (Wildman–Crippen LogP) is 2.30. The van der Waals surface area contributed by atoms with Gasteiger partial charge < -0.3 is 14.7 Å². The van der Waals surface area contributed by atoms with Crippen molar-refractivity contribution in [2.24, 2.45) is 0 Å². The third-order valence-corrected chi connectivity index (χ3v) is 5.40. The Kier molecular flexibility index (Phi) is 7.24. The molecule has 0 unspecified atom stereocenters. The molecule has 31 heavy (non-hydrogen) atoms. The molecule has 2 aromatic heterocycles. The molecule has 3 aromatic rings. The number of allylic oxidation sites excluding steroid dienone is 1. The zero-order chi connectivity index (χ0) is 22.4. The van der Waals surface area contributed by atoms with E-state index < -0.39 is 11.2 Å². The maximum atomic E-state index is 12.6. The third-order valence-electron chi connectivity index (χ3n) is 4.58. The molecule has 10 heteroatoms. The molecule has 0 radical (unpaired) electrons. The summed E-state index contributed by atoms with van der Waals surface area (Å²) in [6.45, 7) is 7.32. The number of anilines is 1. The third kappa shape index (κ3) is 5.40. The molecule has 0 spiro atoms. The van der Waals surface area contributed by atoms with Crippen molar-refractivity contribution in [2.45, 2.75) is 38.5 Å². The highest BCUT2D eigenvalue weighted by atomic mass is 32.2. The Labute approximate surface area is 182 Å². The lowest BCUT2D eigenvalue weighted by molar-refractivity contribution is -0.113. The van der Waals surface area contributed by atoms with Gasteiger partial charge in [-0.15, -0.1) is 16.8 Å². The van der Waals surface area contributed by atoms with Crippen molar-refractivity contribution in [2.75, 3.05) is 11.1 Å². The number of aromatic nitrogens is 4. The number of benzene rings is 1. The number of carbonyl (C=O) groups is 1. The van der Waals surface area contributed by atoms with Crippen LogP contribution in [0, 0.1) is 6.92 Å². The fourth-order valence-corrected chi connectivity index (χ4v) is 3.59. The second kappa shape index (κ2) is 10.1. The molecule has 0 atom stereocenters. The maximum absolute atomic E-state index is 12.6. The van der Waals surface area contributed by atoms with Gasteiger partial charge in [-0.1, -0.05) is 43.0 Å². The van der Waals surface area contributed by atoms with Gasteiger partial charge in [0.1, 0.15) is 0 Å². The van der Waals surface area contributed by atoms with Crippen LogP contribution in [-0.2, 0) is 24.2 Å². The van der Waals surface area contributed by atoms with Gasteiger partial charge in [-0.25, -0.2) is 4.79 Å². The minimum absolute atomic E-state index is 0.0716. The van der Waals surface area contributed by atoms with Crippen LogP contribution >= 0.6 is 11.8 Å². The molecular formula is C21H23N5O4S. The molecule has 0 saturated carbocycles. The zero-order valence-corrected chi connectivity index (χ0v) is 18.1. The molecule has 0 aliphatic carbocycles. The van der Waals surface area contributed by atoms with E-state index in [1.807, 2.05) is 31.2 Å². The number of thioether (sulfide) groups is 1. The van der Waals surface area contributed by atoms with Crippen LogP contribution in [0.5, 0.6) is 0 Å². The maximum Gasteiger partial charge on any atom is 0.328 e. The fraction of sp³-hybridized carbons (Fsp3) is 0.286. The number of hydrogen-bond donors (Lipinski definition) is 2. The first-order valence-electron chi connectivity index (χ1n) is 9.69. The van der Waals surface area contributed by atoms with Crippen molar-refractivity contribution in [1.82, 2.24) is 19.7 Å². The summed E-state index contributed by atoms with van der Waals surface area (Å²) >= 11 is 1.11. The summed E-state index contributed by atoms with van der Waals surface area (Å²) in [5.74, 6) is 0.134. The smallest absolute Gasteiger partial charge is 0.328 e. The van der Waals surface area contributed by atoms with Crippen LogP contribution in [0.25, 0.3) is 0 Å². The zero-order valence-electron chi connectivity index (χ0n) is 17.3. The van der Waals surface area contributed by atoms with Crippen LogP contribution < -0.4 is 16.6 Å². The number of aromatic amines is 1. The highest BCUT2D eigenvalue weighted by molar-refractivity contribution is 7.99. The van der Waals surface area contributed by atoms with Gasteiger partial charge in [-0.3, -0.25) is 14.2 Å². The van der Waals surface area contributed by atoms with Gasteiger partial charge in [-0.05, 0) is 25.0 Å². The molecule has 0 bridgehead atoms. The van der Waals surface area contributed by atoms with Crippen molar-refractivity contribution in [3.05, 3.63) is 80.5 Å². The standard InChI is InChI=1S/C21H23N5O4S/c1-4-10-26-19(28)15(13(3)22-20(26)29)11-18-24-25-21(30-18)31-12-17(27)23-16-9-7-6-8-14(16)5-2/h4,6-9H,1,5,10-12H2,2-3H3,(H,22,29)(H,23,27). The average molecular weight is 442 g/mol. The van der Waals surface area contributed by atoms with Crippen LogP contribution in [0.3, 0.4) is 0 Å². The van der Waals surface area contributed by atoms with Crippen molar-refractivity contribution in [1.29, 1.82) is 0 Å². The van der Waals surface area contributed by atoms with E-state index in [9.17, 15) is 14.4 Å². The number of aryl methyl sites for hydroxylation is 2. The van der Waals surface area contributed by atoms with Crippen molar-refractivity contribution < 1.29 is 9.21 Å². The minimum atomic E-state index is -0.497. The Balaban J connectivity index is 1.65. The molecule has 2 N–H and O–H groups in total. The monoisotopic (exact) mass is 441 g/mol. The van der Waals surface area contributed by atoms with Crippen LogP contribution in [0.1, 0.15) is 29.6 Å². The van der Waals surface area contributed by atoms with Crippen LogP contribution in [0.15, 0.2) is 56.1 Å². The number of carbonyl (C=O) groups excluding carboxylic acids is 1. The topological polar surface area (TPSA) is 123 Å². The van der Waals surface area contributed by atoms with E-state index in [0.717, 1.165) is 34.0 Å². The minimum Gasteiger partial charge on any atom is -0.416 e. The number of para-hydroxylation sites is 1. The lowest BCUT2D eigenvalue weighted by atomic mass is 10.1. The highest BCUT2D eigenvalue weighted by Gasteiger charge is 2.16. The van der Waals surface area contributed by atoms with E-state index in [0.29, 0.717) is 11.3 Å². The first-order valence-corrected chi connectivity index (χ1v) is 10.7. The van der Waals surface area contributed by atoms with Crippen LogP contribution in [0.4, 0.5) is 5.69 Å². The quantitative estimate of drug-likeness (QED) is 0.386. The molecule has 1 amide bonds. The first kappa shape index (κ1) is 22.3. The Morgan fingerprint density at radius 1 is 1.32 bits per heavy atom. The Bertz CT molecular complexity index is 1210. The summed E-state index contributed by atoms with van der Waals surface area (Å²) in [6, 6.07) is 7.63. The summed E-state index contributed by atoms with van der Waals surface area (Å²) in [5.41, 5.74) is 1.71. The second-order valence-electron chi connectivity index (χ2n) is 6.72. The summed E-state index contributed by atoms with van der Waals surface area (Å²) < 4.78 is 6.63. The van der Waals surface area contributed by atoms with E-state index in [-0.39, 0.29) is 35.7 Å². The van der Waals surface area contributed by atoms with Gasteiger partial charge in [0.05, 0.1) is 12.2 Å². The molecule has 1 aromatic carbocycles. The van der Waals surface area contributed by atoms with Crippen molar-refractivity contribution >= 4 is 23.4 Å². The van der Waals surface area contributed by atoms with E-state index in [1.54, 1.807) is 6.92 Å². The Morgan fingerprint density at radius 2 is 2.10 bits per heavy atom. The van der Waals surface area contributed by atoms with Gasteiger partial charge >= 0.3 is 5.69 Å². The normalized spacial score (nSPS) is 10.8. The molecular weight excluding hydrogens is 418 g/mol. The number of hydrogen-bond acceptors (Lipinski definition) is 7. The first-order chi connectivity index (χ1) is 14.9. The van der Waals surface area contributed by atoms with Crippen LogP contribution in [0.2, 0.25) is 0 Å². The highest BCUT2D eigenvalue weighted by Crippen LogP contribution is 2.19. The van der Waals surface area contributed by atoms with E-state index >= 15 is 0 Å². The molecule has 0 saturated heterocycles. The van der Waals surface area contributed by atoms with Crippen molar-refractivity contribution in [3.8, 4) is 0 Å². The van der Waals surface area contributed by atoms with E-state index in [4.69, 9.17) is 4.42 Å². The number of amides is 1. The molecule has 0 aliphatic rings. The largest absolute Gasteiger partial charge is 0.416 e. The van der Waals surface area contributed by atoms with Gasteiger partial charge in [0, 0.05) is 23.5 Å². The number of nitrogens with one attached hydrogen (secondary N) is 2. The molecule has 0 fully saturated rings. The number of nitrogens with zero attached hydrogens (tertiary/aromatic N) is 3. The number of rotatable bonds is 9. The summed E-state index contributed by atoms with van der Waals surface area (Å²) in [5, 5.41) is 11.0. The Hall–Kier alpha value is -3.40. The van der Waals surface area contributed by atoms with Gasteiger partial charge in [-0.2, -0.15) is 0 Å². The molecule has 3 rings (SSSR count). The molecule has 162 valence electrons. The SMILES string of the molecule is C=CCn1c(=O)[nH]c(C)c(Cc2nnc(SCC(=O)Nc3ccccc3CC)o2)c1=O. The summed E-state index contributed by atoms with van der Waals surface area (Å²) in [4.78, 5) is 39.5. The van der Waals surface area contributed by atoms with Crippen LogP contribution in [-0.4, -0.2) is 31.4 Å². The lowest BCUT2D eigenvalue weighted by Gasteiger charge is -2.08. The van der Waals surface area contributed by atoms with E-state index in [2.05, 4.69) is 27.1 Å². The van der Waals surface area contributed by atoms with E-state index in [1.165, 1.54) is 6.08 Å². The van der Waals surface area contributed by atoms with Gasteiger partial charge in [0.25, 0.3) is 10.8 Å². The summed E-state index contributed by atoms with van der Waals surface area (Å²) in [7, 11) is 0. The molecule has 2 heterocycles. The molecule has 9 nitrogen and oxygen atoms in total. The summed E-state index contributed by atoms with van der Waals surface area (Å²) in [6.07, 6.45) is 2.36. The van der Waals surface area contributed by atoms with Gasteiger partial charge in [0.15, 0.2) is 0 Å². The predicted molar refractivity (Wildman–Crippen MR) is 119 cm³/mol. The van der Waals surface area contributed by atoms with Crippen molar-refractivity contribution in [3.63, 3.8) is 0 Å². The Morgan fingerprint density at radius 3 is 2.84 bits per heavy atom. The molecule has 0 aliphatic heterocycles. The number of H-pyrrole nitrogens is 1. The second-order valence-corrected chi connectivity index (χ2v) is 7.65. The average Bonchev–Trinajstić information content (AvgIpc) is 3.20. The van der Waals surface area contributed by atoms with Gasteiger partial charge in [0.2, 0.25) is 11.8 Å².